The topological polar surface area (TPSA) is 23.9 Å². The molecule has 1 rings (SSSR count). The zero-order valence-corrected chi connectivity index (χ0v) is 9.09. The Labute approximate surface area is 86.0 Å². The number of hydrogen-bond acceptors (Lipinski definition) is 1. The van der Waals surface area contributed by atoms with Crippen LogP contribution in [0.3, 0.4) is 0 Å². The third-order valence-corrected chi connectivity index (χ3v) is 2.11. The maximum absolute atomic E-state index is 7.81. The van der Waals surface area contributed by atoms with Crippen molar-refractivity contribution in [3.8, 4) is 0 Å². The van der Waals surface area contributed by atoms with Crippen molar-refractivity contribution in [3.63, 3.8) is 0 Å². The van der Waals surface area contributed by atoms with E-state index < -0.39 is 0 Å². The largest absolute Gasteiger partial charge is 0.300 e. The Morgan fingerprint density at radius 3 is 2.21 bits per heavy atom. The Bertz CT molecular complexity index is 340. The zero-order valence-electron chi connectivity index (χ0n) is 9.09. The van der Waals surface area contributed by atoms with Crippen LogP contribution in [0.1, 0.15) is 31.9 Å². The molecule has 0 radical (unpaired) electrons. The third kappa shape index (κ3) is 2.84. The first-order valence-corrected chi connectivity index (χ1v) is 4.96. The summed E-state index contributed by atoms with van der Waals surface area (Å²) in [7, 11) is 0. The fourth-order valence-electron chi connectivity index (χ4n) is 1.29. The molecule has 1 aromatic rings. The zero-order chi connectivity index (χ0) is 10.6. The van der Waals surface area contributed by atoms with E-state index in [-0.39, 0.29) is 0 Å². The fraction of sp³-hybridized carbons (Fsp3) is 0.308. The van der Waals surface area contributed by atoms with Crippen molar-refractivity contribution in [2.75, 3.05) is 0 Å². The Hall–Kier alpha value is -1.37. The molecule has 74 valence electrons. The van der Waals surface area contributed by atoms with Gasteiger partial charge in [0.25, 0.3) is 0 Å². The van der Waals surface area contributed by atoms with Crippen LogP contribution in [-0.4, -0.2) is 5.71 Å². The van der Waals surface area contributed by atoms with Crippen LogP contribution in [0.25, 0.3) is 0 Å². The molecule has 0 aliphatic carbocycles. The van der Waals surface area contributed by atoms with Gasteiger partial charge >= 0.3 is 0 Å². The van der Waals surface area contributed by atoms with Crippen LogP contribution < -0.4 is 0 Å². The summed E-state index contributed by atoms with van der Waals surface area (Å²) < 4.78 is 0. The second kappa shape index (κ2) is 4.75. The van der Waals surface area contributed by atoms with Gasteiger partial charge in [0, 0.05) is 0 Å². The van der Waals surface area contributed by atoms with Gasteiger partial charge in [-0.25, -0.2) is 0 Å². The van der Waals surface area contributed by atoms with Gasteiger partial charge in [0.15, 0.2) is 0 Å². The lowest BCUT2D eigenvalue weighted by Gasteiger charge is -2.01. The lowest BCUT2D eigenvalue weighted by molar-refractivity contribution is 1.14. The molecular weight excluding hydrogens is 170 g/mol. The normalized spacial score (nSPS) is 9.64. The highest BCUT2D eigenvalue weighted by Crippen LogP contribution is 2.07. The highest BCUT2D eigenvalue weighted by atomic mass is 14.4. The lowest BCUT2D eigenvalue weighted by atomic mass is 10.1. The Balaban J connectivity index is 2.87. The molecule has 0 amide bonds. The van der Waals surface area contributed by atoms with E-state index in [0.29, 0.717) is 5.71 Å². The van der Waals surface area contributed by atoms with Crippen LogP contribution in [0.5, 0.6) is 0 Å². The molecule has 1 N–H and O–H groups in total. The first kappa shape index (κ1) is 10.7. The molecule has 14 heavy (non-hydrogen) atoms. The van der Waals surface area contributed by atoms with E-state index in [4.69, 9.17) is 5.41 Å². The van der Waals surface area contributed by atoms with Gasteiger partial charge in [-0.15, -0.1) is 0 Å². The highest BCUT2D eigenvalue weighted by molar-refractivity contribution is 6.06. The van der Waals surface area contributed by atoms with Gasteiger partial charge in [-0.2, -0.15) is 0 Å². The molecule has 0 saturated carbocycles. The van der Waals surface area contributed by atoms with E-state index >= 15 is 0 Å². The second-order valence-corrected chi connectivity index (χ2v) is 3.69. The van der Waals surface area contributed by atoms with Crippen LogP contribution in [0.2, 0.25) is 0 Å². The van der Waals surface area contributed by atoms with Crippen molar-refractivity contribution in [1.82, 2.24) is 0 Å². The summed E-state index contributed by atoms with van der Waals surface area (Å²) >= 11 is 0. The Morgan fingerprint density at radius 1 is 1.21 bits per heavy atom. The summed E-state index contributed by atoms with van der Waals surface area (Å²) in [6, 6.07) is 8.20. The van der Waals surface area contributed by atoms with Crippen LogP contribution in [0.15, 0.2) is 35.9 Å². The van der Waals surface area contributed by atoms with Crippen LogP contribution in [0.4, 0.5) is 0 Å². The van der Waals surface area contributed by atoms with Crippen molar-refractivity contribution < 1.29 is 0 Å². The van der Waals surface area contributed by atoms with E-state index in [2.05, 4.69) is 19.1 Å². The quantitative estimate of drug-likeness (QED) is 0.699. The first-order valence-electron chi connectivity index (χ1n) is 4.96. The summed E-state index contributed by atoms with van der Waals surface area (Å²) in [5.41, 5.74) is 4.06. The Kier molecular flexibility index (Phi) is 3.63. The number of nitrogens with one attached hydrogen (secondary N) is 1. The van der Waals surface area contributed by atoms with Gasteiger partial charge in [-0.3, -0.25) is 0 Å². The maximum Gasteiger partial charge on any atom is 0.0611 e. The summed E-state index contributed by atoms with van der Waals surface area (Å²) in [4.78, 5) is 0. The van der Waals surface area contributed by atoms with Crippen molar-refractivity contribution in [2.45, 2.75) is 27.2 Å². The molecule has 1 heteroatoms. The standard InChI is InChI=1S/C13H17N/c1-4-11-5-7-12(8-6-11)13(14)9-10(2)3/h5-9,14H,4H2,1-3H3. The van der Waals surface area contributed by atoms with Gasteiger partial charge < -0.3 is 5.41 Å². The third-order valence-electron chi connectivity index (χ3n) is 2.11. The number of rotatable bonds is 3. The monoisotopic (exact) mass is 187 g/mol. The molecule has 0 aliphatic rings. The maximum atomic E-state index is 7.81. The Morgan fingerprint density at radius 2 is 1.79 bits per heavy atom. The van der Waals surface area contributed by atoms with Crippen molar-refractivity contribution in [3.05, 3.63) is 47.0 Å². The number of benzene rings is 1. The second-order valence-electron chi connectivity index (χ2n) is 3.69. The predicted molar refractivity (Wildman–Crippen MR) is 62.1 cm³/mol. The number of aryl methyl sites for hydroxylation is 1. The van der Waals surface area contributed by atoms with E-state index in [1.807, 2.05) is 32.1 Å². The molecule has 0 unspecified atom stereocenters. The van der Waals surface area contributed by atoms with Gasteiger partial charge in [0.2, 0.25) is 0 Å². The van der Waals surface area contributed by atoms with Gasteiger partial charge in [0.1, 0.15) is 0 Å². The fourth-order valence-corrected chi connectivity index (χ4v) is 1.29. The average Bonchev–Trinajstić information content (AvgIpc) is 2.17. The minimum Gasteiger partial charge on any atom is -0.300 e. The van der Waals surface area contributed by atoms with E-state index in [1.165, 1.54) is 5.56 Å². The van der Waals surface area contributed by atoms with Crippen LogP contribution >= 0.6 is 0 Å². The lowest BCUT2D eigenvalue weighted by Crippen LogP contribution is -1.95. The number of hydrogen-bond donors (Lipinski definition) is 1. The van der Waals surface area contributed by atoms with Gasteiger partial charge in [-0.05, 0) is 37.5 Å². The molecule has 0 saturated heterocycles. The van der Waals surface area contributed by atoms with Crippen LogP contribution in [-0.2, 0) is 6.42 Å². The SMILES string of the molecule is CCc1ccc(C(=N)C=C(C)C)cc1. The minimum absolute atomic E-state index is 0.590. The van der Waals surface area contributed by atoms with E-state index in [0.717, 1.165) is 17.6 Å². The molecule has 0 heterocycles. The molecule has 0 atom stereocenters. The van der Waals surface area contributed by atoms with Crippen molar-refractivity contribution in [1.29, 1.82) is 5.41 Å². The molecule has 0 aromatic heterocycles. The number of allylic oxidation sites excluding steroid dienone is 2. The van der Waals surface area contributed by atoms with Gasteiger partial charge in [0.05, 0.1) is 5.71 Å². The summed E-state index contributed by atoms with van der Waals surface area (Å²) in [6.45, 7) is 6.15. The molecule has 1 aromatic carbocycles. The summed E-state index contributed by atoms with van der Waals surface area (Å²) in [6.07, 6.45) is 2.94. The predicted octanol–water partition coefficient (Wildman–Crippen LogP) is 3.58. The summed E-state index contributed by atoms with van der Waals surface area (Å²) in [5, 5.41) is 7.81. The molecule has 0 fully saturated rings. The smallest absolute Gasteiger partial charge is 0.0611 e. The van der Waals surface area contributed by atoms with Gasteiger partial charge in [-0.1, -0.05) is 36.8 Å². The molecule has 1 nitrogen and oxygen atoms in total. The minimum atomic E-state index is 0.590. The molecule has 0 spiro atoms. The highest BCUT2D eigenvalue weighted by Gasteiger charge is 1.97. The average molecular weight is 187 g/mol. The molecular formula is C13H17N. The van der Waals surface area contributed by atoms with Crippen LogP contribution in [0, 0.1) is 5.41 Å². The van der Waals surface area contributed by atoms with E-state index in [9.17, 15) is 0 Å². The van der Waals surface area contributed by atoms with E-state index in [1.54, 1.807) is 0 Å². The first-order chi connectivity index (χ1) is 6.63. The summed E-state index contributed by atoms with van der Waals surface area (Å²) in [5.74, 6) is 0. The molecule has 0 bridgehead atoms. The molecule has 0 aliphatic heterocycles. The van der Waals surface area contributed by atoms with Crippen molar-refractivity contribution >= 4 is 5.71 Å². The van der Waals surface area contributed by atoms with Crippen molar-refractivity contribution in [2.24, 2.45) is 0 Å².